The van der Waals surface area contributed by atoms with Crippen molar-refractivity contribution in [1.29, 1.82) is 0 Å². The molecule has 0 aliphatic heterocycles. The van der Waals surface area contributed by atoms with Crippen molar-refractivity contribution < 1.29 is 36.4 Å². The summed E-state index contributed by atoms with van der Waals surface area (Å²) in [5.41, 5.74) is -2.38. The summed E-state index contributed by atoms with van der Waals surface area (Å²) in [6.45, 7) is -0.392. The van der Waals surface area contributed by atoms with E-state index in [4.69, 9.17) is 10.0 Å². The normalized spacial score (nSPS) is 12.6. The maximum atomic E-state index is 13.5. The maximum Gasteiger partial charge on any atom is 0.462 e. The first-order chi connectivity index (χ1) is 13.5. The molecule has 4 nitrogen and oxygen atoms in total. The van der Waals surface area contributed by atoms with Crippen LogP contribution >= 0.6 is 11.8 Å². The van der Waals surface area contributed by atoms with Gasteiger partial charge in [-0.15, -0.1) is 0 Å². The van der Waals surface area contributed by atoms with E-state index in [2.05, 4.69) is 4.98 Å². The van der Waals surface area contributed by atoms with Gasteiger partial charge < -0.3 is 14.6 Å². The molecule has 3 aromatic rings. The highest BCUT2D eigenvalue weighted by Crippen LogP contribution is 2.38. The first-order valence-electron chi connectivity index (χ1n) is 8.18. The SMILES string of the molecule is OB(O)CSc1nc2ccccc2n1Cc1ccc(C(F)(F)F)cc1C(F)(F)F. The Morgan fingerprint density at radius 2 is 1.66 bits per heavy atom. The van der Waals surface area contributed by atoms with Gasteiger partial charge in [-0.25, -0.2) is 4.98 Å². The average molecular weight is 434 g/mol. The molecule has 3 rings (SSSR count). The van der Waals surface area contributed by atoms with Crippen molar-refractivity contribution >= 4 is 29.9 Å². The fraction of sp³-hybridized carbons (Fsp3) is 0.235. The number of rotatable bonds is 5. The molecule has 0 spiro atoms. The molecular formula is C17H13BF6N2O2S. The number of halogens is 6. The number of para-hydroxylation sites is 2. The number of imidazole rings is 1. The highest BCUT2D eigenvalue weighted by molar-refractivity contribution is 8.00. The fourth-order valence-electron chi connectivity index (χ4n) is 2.79. The summed E-state index contributed by atoms with van der Waals surface area (Å²) in [5, 5.41) is 18.4. The van der Waals surface area contributed by atoms with Crippen LogP contribution in [0.2, 0.25) is 0 Å². The Balaban J connectivity index is 2.09. The molecular weight excluding hydrogens is 421 g/mol. The van der Waals surface area contributed by atoms with E-state index in [0.29, 0.717) is 17.1 Å². The Labute approximate surface area is 165 Å². The molecule has 0 bridgehead atoms. The number of hydrogen-bond acceptors (Lipinski definition) is 4. The van der Waals surface area contributed by atoms with Crippen LogP contribution < -0.4 is 0 Å². The zero-order valence-electron chi connectivity index (χ0n) is 14.5. The van der Waals surface area contributed by atoms with Crippen molar-refractivity contribution in [1.82, 2.24) is 9.55 Å². The smallest absolute Gasteiger partial charge is 0.427 e. The predicted octanol–water partition coefficient (Wildman–Crippen LogP) is 4.23. The summed E-state index contributed by atoms with van der Waals surface area (Å²) in [6.07, 6.45) is -9.89. The van der Waals surface area contributed by atoms with Crippen LogP contribution in [0.1, 0.15) is 16.7 Å². The summed E-state index contributed by atoms with van der Waals surface area (Å²) >= 11 is 0.911. The second kappa shape index (κ2) is 7.92. The van der Waals surface area contributed by atoms with Crippen molar-refractivity contribution in [3.05, 3.63) is 59.2 Å². The van der Waals surface area contributed by atoms with Crippen LogP contribution in [0.4, 0.5) is 26.3 Å². The Kier molecular flexibility index (Phi) is 5.88. The van der Waals surface area contributed by atoms with Crippen LogP contribution in [0.25, 0.3) is 11.0 Å². The van der Waals surface area contributed by atoms with Gasteiger partial charge in [0.2, 0.25) is 0 Å². The largest absolute Gasteiger partial charge is 0.462 e. The van der Waals surface area contributed by atoms with E-state index in [1.807, 2.05) is 0 Å². The van der Waals surface area contributed by atoms with Gasteiger partial charge in [0.15, 0.2) is 5.16 Å². The van der Waals surface area contributed by atoms with Gasteiger partial charge in [0.05, 0.1) is 28.7 Å². The van der Waals surface area contributed by atoms with E-state index in [1.165, 1.54) is 4.57 Å². The van der Waals surface area contributed by atoms with Gasteiger partial charge >= 0.3 is 19.5 Å². The van der Waals surface area contributed by atoms with Crippen LogP contribution in [-0.4, -0.2) is 32.4 Å². The van der Waals surface area contributed by atoms with Gasteiger partial charge in [0.1, 0.15) is 0 Å². The molecule has 0 radical (unpaired) electrons. The summed E-state index contributed by atoms with van der Waals surface area (Å²) in [5.74, 6) is 0. The Bertz CT molecular complexity index is 1020. The molecule has 0 saturated carbocycles. The van der Waals surface area contributed by atoms with E-state index < -0.39 is 37.1 Å². The minimum atomic E-state index is -4.98. The number of hydrogen-bond donors (Lipinski definition) is 2. The summed E-state index contributed by atoms with van der Waals surface area (Å²) in [7, 11) is -1.66. The number of thioether (sulfide) groups is 1. The standard InChI is InChI=1S/C17H13BF6N2O2S/c19-16(20,21)11-6-5-10(12(7-11)17(22,23)24)8-26-14-4-2-1-3-13(14)25-15(26)29-9-18(27)28/h1-7,27-28H,8-9H2. The monoisotopic (exact) mass is 434 g/mol. The highest BCUT2D eigenvalue weighted by Gasteiger charge is 2.38. The van der Waals surface area contributed by atoms with E-state index in [9.17, 15) is 26.3 Å². The van der Waals surface area contributed by atoms with Crippen LogP contribution in [0.3, 0.4) is 0 Å². The quantitative estimate of drug-likeness (QED) is 0.359. The molecule has 154 valence electrons. The molecule has 0 atom stereocenters. The lowest BCUT2D eigenvalue weighted by Crippen LogP contribution is -2.17. The lowest BCUT2D eigenvalue weighted by Gasteiger charge is -2.17. The minimum absolute atomic E-state index is 0.0960. The number of alkyl halides is 6. The third-order valence-electron chi connectivity index (χ3n) is 4.05. The van der Waals surface area contributed by atoms with Crippen LogP contribution in [0.5, 0.6) is 0 Å². The first-order valence-corrected chi connectivity index (χ1v) is 9.17. The van der Waals surface area contributed by atoms with Crippen LogP contribution in [0, 0.1) is 0 Å². The van der Waals surface area contributed by atoms with Gasteiger partial charge in [-0.3, -0.25) is 0 Å². The van der Waals surface area contributed by atoms with Gasteiger partial charge in [0.25, 0.3) is 0 Å². The van der Waals surface area contributed by atoms with Gasteiger partial charge in [0, 0.05) is 5.65 Å². The zero-order valence-corrected chi connectivity index (χ0v) is 15.3. The van der Waals surface area contributed by atoms with Crippen molar-refractivity contribution in [2.45, 2.75) is 24.1 Å². The number of fused-ring (bicyclic) bond motifs is 1. The van der Waals surface area contributed by atoms with Crippen molar-refractivity contribution in [2.75, 3.05) is 5.65 Å². The van der Waals surface area contributed by atoms with Crippen molar-refractivity contribution in [2.24, 2.45) is 0 Å². The molecule has 2 aromatic carbocycles. The maximum absolute atomic E-state index is 13.5. The summed E-state index contributed by atoms with van der Waals surface area (Å²) < 4.78 is 80.4. The molecule has 29 heavy (non-hydrogen) atoms. The van der Waals surface area contributed by atoms with Crippen molar-refractivity contribution in [3.63, 3.8) is 0 Å². The van der Waals surface area contributed by atoms with Gasteiger partial charge in [-0.1, -0.05) is 30.0 Å². The molecule has 0 fully saturated rings. The molecule has 0 unspecified atom stereocenters. The Morgan fingerprint density at radius 3 is 2.28 bits per heavy atom. The average Bonchev–Trinajstić information content (AvgIpc) is 2.96. The lowest BCUT2D eigenvalue weighted by atomic mass is 9.98. The molecule has 0 saturated heterocycles. The fourth-order valence-corrected chi connectivity index (χ4v) is 3.57. The van der Waals surface area contributed by atoms with E-state index in [1.54, 1.807) is 24.3 Å². The molecule has 0 amide bonds. The van der Waals surface area contributed by atoms with E-state index >= 15 is 0 Å². The van der Waals surface area contributed by atoms with Gasteiger partial charge in [-0.2, -0.15) is 26.3 Å². The third kappa shape index (κ3) is 4.88. The first kappa shape index (κ1) is 21.5. The Hall–Kier alpha value is -2.18. The predicted molar refractivity (Wildman–Crippen MR) is 96.2 cm³/mol. The Morgan fingerprint density at radius 1 is 0.966 bits per heavy atom. The van der Waals surface area contributed by atoms with Gasteiger partial charge in [-0.05, 0) is 29.8 Å². The molecule has 12 heteroatoms. The highest BCUT2D eigenvalue weighted by atomic mass is 32.2. The number of nitrogens with zero attached hydrogens (tertiary/aromatic N) is 2. The van der Waals surface area contributed by atoms with Crippen LogP contribution in [-0.2, 0) is 18.9 Å². The zero-order chi connectivity index (χ0) is 21.4. The third-order valence-corrected chi connectivity index (χ3v) is 5.09. The van der Waals surface area contributed by atoms with E-state index in [0.717, 1.165) is 17.8 Å². The summed E-state index contributed by atoms with van der Waals surface area (Å²) in [4.78, 5) is 4.27. The topological polar surface area (TPSA) is 58.3 Å². The van der Waals surface area contributed by atoms with E-state index in [-0.39, 0.29) is 22.4 Å². The summed E-state index contributed by atoms with van der Waals surface area (Å²) in [6, 6.07) is 8.06. The number of aromatic nitrogens is 2. The minimum Gasteiger partial charge on any atom is -0.427 e. The number of benzene rings is 2. The molecule has 0 aliphatic rings. The lowest BCUT2D eigenvalue weighted by molar-refractivity contribution is -0.143. The second-order valence-corrected chi connectivity index (χ2v) is 7.12. The molecule has 0 aliphatic carbocycles. The molecule has 1 heterocycles. The molecule has 2 N–H and O–H groups in total. The van der Waals surface area contributed by atoms with Crippen molar-refractivity contribution in [3.8, 4) is 0 Å². The molecule has 1 aromatic heterocycles. The van der Waals surface area contributed by atoms with Crippen LogP contribution in [0.15, 0.2) is 47.6 Å². The second-order valence-electron chi connectivity index (χ2n) is 6.13.